The zero-order chi connectivity index (χ0) is 48.9. The lowest BCUT2D eigenvalue weighted by atomic mass is 9.57. The summed E-state index contributed by atoms with van der Waals surface area (Å²) in [4.78, 5) is 2.52. The molecule has 1 radical (unpaired) electrons. The van der Waals surface area contributed by atoms with E-state index in [9.17, 15) is 0 Å². The van der Waals surface area contributed by atoms with Crippen molar-refractivity contribution >= 4 is 79.4 Å². The minimum Gasteiger partial charge on any atom is -0.456 e. The maximum Gasteiger partial charge on any atom is 0.197 e. The maximum atomic E-state index is 7.03. The molecular formula is C68H56BN2O. The summed E-state index contributed by atoms with van der Waals surface area (Å²) in [6.45, 7) is 14.1. The van der Waals surface area contributed by atoms with Crippen LogP contribution in [0.1, 0.15) is 62.8 Å². The van der Waals surface area contributed by atoms with E-state index >= 15 is 0 Å². The van der Waals surface area contributed by atoms with Crippen molar-refractivity contribution in [1.82, 2.24) is 0 Å². The van der Waals surface area contributed by atoms with Crippen molar-refractivity contribution in [3.05, 3.63) is 222 Å². The van der Waals surface area contributed by atoms with Gasteiger partial charge in [-0.3, -0.25) is 0 Å². The minimum atomic E-state index is 0.0685. The number of rotatable bonds is 7. The molecule has 347 valence electrons. The summed E-state index contributed by atoms with van der Waals surface area (Å²) in [6.07, 6.45) is 2.31. The van der Waals surface area contributed by atoms with Crippen LogP contribution in [0, 0.1) is 13.8 Å². The Balaban J connectivity index is 1.07. The van der Waals surface area contributed by atoms with Crippen LogP contribution in [0.15, 0.2) is 205 Å². The van der Waals surface area contributed by atoms with Crippen molar-refractivity contribution < 1.29 is 4.42 Å². The highest BCUT2D eigenvalue weighted by Gasteiger charge is 2.38. The first kappa shape index (κ1) is 43.9. The number of nitrogens with zero attached hydrogens (tertiary/aromatic N) is 1. The van der Waals surface area contributed by atoms with Gasteiger partial charge in [-0.05, 0) is 170 Å². The van der Waals surface area contributed by atoms with E-state index in [0.717, 1.165) is 85.4 Å². The van der Waals surface area contributed by atoms with Crippen molar-refractivity contribution in [3.63, 3.8) is 0 Å². The van der Waals surface area contributed by atoms with Gasteiger partial charge in [0.2, 0.25) is 0 Å². The standard InChI is InChI=1S/C68H56BN2O/c1-42-17-13-15-23-51(42)49-36-55(65-52-24-16-14-22-47(52)27-31-59(65)70-50-29-25-46(26-30-50)44-18-9-7-10-19-44)66-62(37-49)71(60-32-28-48(35-43(60)2)45-20-11-8-12-21-45)61-41-64-54(39-58(61)69-66)53-38-56-57(40-63(53)72-64)68(5,6)34-33-67(56,3)4/h7-32,35-41,70H,33-34H2,1-6H3. The SMILES string of the molecule is Cc1ccccc1-c1cc(-c2c(Nc3ccc(-c4ccccc4)cc3)ccc3ccccc23)c2c(c1)N(c1ccc(-c3ccccc3)cc1C)c1cc3oc4cc5c(cc4c3cc1[B]2)C(C)(C)CCC5(C)C. The molecule has 0 unspecified atom stereocenters. The molecule has 2 heterocycles. The number of anilines is 5. The average molecular weight is 928 g/mol. The monoisotopic (exact) mass is 927 g/mol. The number of fused-ring (bicyclic) bond motifs is 7. The van der Waals surface area contributed by atoms with E-state index in [1.165, 1.54) is 66.2 Å². The molecule has 0 amide bonds. The molecule has 0 saturated carbocycles. The third-order valence-electron chi connectivity index (χ3n) is 16.0. The molecule has 72 heavy (non-hydrogen) atoms. The molecule has 0 spiro atoms. The van der Waals surface area contributed by atoms with Gasteiger partial charge < -0.3 is 14.6 Å². The van der Waals surface area contributed by atoms with Crippen LogP contribution in [-0.2, 0) is 10.8 Å². The normalized spacial score (nSPS) is 14.4. The lowest BCUT2D eigenvalue weighted by Gasteiger charge is -2.41. The van der Waals surface area contributed by atoms with Crippen molar-refractivity contribution in [2.24, 2.45) is 0 Å². The van der Waals surface area contributed by atoms with Gasteiger partial charge in [-0.15, -0.1) is 0 Å². The summed E-state index contributed by atoms with van der Waals surface area (Å²) in [5.41, 5.74) is 24.5. The number of nitrogens with one attached hydrogen (secondary N) is 1. The summed E-state index contributed by atoms with van der Waals surface area (Å²) >= 11 is 0. The quantitative estimate of drug-likeness (QED) is 0.161. The molecule has 11 aromatic rings. The lowest BCUT2D eigenvalue weighted by Crippen LogP contribution is -2.41. The summed E-state index contributed by atoms with van der Waals surface area (Å²) in [5, 5.41) is 8.65. The molecule has 0 atom stereocenters. The minimum absolute atomic E-state index is 0.0685. The maximum absolute atomic E-state index is 7.03. The first-order chi connectivity index (χ1) is 35.0. The highest BCUT2D eigenvalue weighted by atomic mass is 16.3. The largest absolute Gasteiger partial charge is 0.456 e. The van der Waals surface area contributed by atoms with Crippen LogP contribution in [0.3, 0.4) is 0 Å². The van der Waals surface area contributed by atoms with E-state index < -0.39 is 0 Å². The molecule has 1 aromatic heterocycles. The van der Waals surface area contributed by atoms with Crippen LogP contribution < -0.4 is 21.1 Å². The fraction of sp³-hybridized carbons (Fsp3) is 0.147. The fourth-order valence-electron chi connectivity index (χ4n) is 11.9. The zero-order valence-corrected chi connectivity index (χ0v) is 41.9. The predicted octanol–water partition coefficient (Wildman–Crippen LogP) is 17.6. The Morgan fingerprint density at radius 1 is 0.458 bits per heavy atom. The third kappa shape index (κ3) is 7.34. The summed E-state index contributed by atoms with van der Waals surface area (Å²) < 4.78 is 7.03. The molecular weight excluding hydrogens is 872 g/mol. The van der Waals surface area contributed by atoms with Gasteiger partial charge in [0.25, 0.3) is 0 Å². The van der Waals surface area contributed by atoms with E-state index in [-0.39, 0.29) is 10.8 Å². The topological polar surface area (TPSA) is 28.4 Å². The van der Waals surface area contributed by atoms with E-state index in [0.29, 0.717) is 0 Å². The van der Waals surface area contributed by atoms with Gasteiger partial charge in [0.15, 0.2) is 7.28 Å². The molecule has 0 fully saturated rings. The Kier molecular flexibility index (Phi) is 10.2. The average Bonchev–Trinajstić information content (AvgIpc) is 3.75. The molecule has 1 aliphatic carbocycles. The van der Waals surface area contributed by atoms with Crippen LogP contribution >= 0.6 is 0 Å². The second-order valence-corrected chi connectivity index (χ2v) is 21.6. The van der Waals surface area contributed by atoms with Crippen molar-refractivity contribution in [2.75, 3.05) is 10.2 Å². The fourth-order valence-corrected chi connectivity index (χ4v) is 11.9. The van der Waals surface area contributed by atoms with Crippen LogP contribution in [0.2, 0.25) is 0 Å². The van der Waals surface area contributed by atoms with Crippen molar-refractivity contribution in [3.8, 4) is 44.5 Å². The Morgan fingerprint density at radius 2 is 1.08 bits per heavy atom. The second kappa shape index (κ2) is 16.8. The van der Waals surface area contributed by atoms with Gasteiger partial charge in [-0.1, -0.05) is 173 Å². The van der Waals surface area contributed by atoms with E-state index in [2.05, 4.69) is 259 Å². The van der Waals surface area contributed by atoms with Crippen LogP contribution in [0.5, 0.6) is 0 Å². The third-order valence-corrected chi connectivity index (χ3v) is 16.0. The van der Waals surface area contributed by atoms with Crippen LogP contribution in [0.25, 0.3) is 77.2 Å². The first-order valence-electron chi connectivity index (χ1n) is 25.5. The molecule has 1 N–H and O–H groups in total. The summed E-state index contributed by atoms with van der Waals surface area (Å²) in [5.74, 6) is 0. The molecule has 3 nitrogen and oxygen atoms in total. The van der Waals surface area contributed by atoms with Gasteiger partial charge in [0, 0.05) is 50.8 Å². The molecule has 10 aromatic carbocycles. The van der Waals surface area contributed by atoms with E-state index in [4.69, 9.17) is 4.42 Å². The molecule has 13 rings (SSSR count). The molecule has 2 aliphatic rings. The van der Waals surface area contributed by atoms with Crippen LogP contribution in [-0.4, -0.2) is 7.28 Å². The summed E-state index contributed by atoms with van der Waals surface area (Å²) in [6, 6.07) is 73.6. The molecule has 1 aliphatic heterocycles. The predicted molar refractivity (Wildman–Crippen MR) is 307 cm³/mol. The number of furan rings is 1. The number of hydrogen-bond donors (Lipinski definition) is 1. The number of benzene rings is 10. The summed E-state index contributed by atoms with van der Waals surface area (Å²) in [7, 11) is 2.45. The molecule has 4 heteroatoms. The van der Waals surface area contributed by atoms with Crippen molar-refractivity contribution in [1.29, 1.82) is 0 Å². The Morgan fingerprint density at radius 3 is 1.82 bits per heavy atom. The van der Waals surface area contributed by atoms with E-state index in [1.54, 1.807) is 0 Å². The molecule has 0 saturated heterocycles. The van der Waals surface area contributed by atoms with Gasteiger partial charge in [0.05, 0.1) is 0 Å². The smallest absolute Gasteiger partial charge is 0.197 e. The zero-order valence-electron chi connectivity index (χ0n) is 41.9. The highest BCUT2D eigenvalue weighted by molar-refractivity contribution is 6.73. The molecule has 0 bridgehead atoms. The Hall–Kier alpha value is -8.08. The van der Waals surface area contributed by atoms with Crippen LogP contribution in [0.4, 0.5) is 28.4 Å². The highest BCUT2D eigenvalue weighted by Crippen LogP contribution is 2.50. The first-order valence-corrected chi connectivity index (χ1v) is 25.5. The Labute approximate surface area is 424 Å². The van der Waals surface area contributed by atoms with E-state index in [1.807, 2.05) is 0 Å². The Bertz CT molecular complexity index is 3940. The van der Waals surface area contributed by atoms with Gasteiger partial charge in [0.1, 0.15) is 11.2 Å². The van der Waals surface area contributed by atoms with Gasteiger partial charge in [-0.25, -0.2) is 0 Å². The second-order valence-electron chi connectivity index (χ2n) is 21.6. The van der Waals surface area contributed by atoms with Crippen molar-refractivity contribution in [2.45, 2.75) is 65.2 Å². The van der Waals surface area contributed by atoms with Gasteiger partial charge >= 0.3 is 0 Å². The number of hydrogen-bond acceptors (Lipinski definition) is 3. The lowest BCUT2D eigenvalue weighted by molar-refractivity contribution is 0.332. The number of aryl methyl sites for hydroxylation is 2. The van der Waals surface area contributed by atoms with Gasteiger partial charge in [-0.2, -0.15) is 0 Å².